The van der Waals surface area contributed by atoms with Crippen LogP contribution >= 0.6 is 0 Å². The smallest absolute Gasteiger partial charge is 0.0299 e. The van der Waals surface area contributed by atoms with Gasteiger partial charge in [-0.15, -0.1) is 0 Å². The number of nitrogens with zero attached hydrogens (tertiary/aromatic N) is 1. The minimum Gasteiger partial charge on any atom is -0.317 e. The molecule has 0 amide bonds. The summed E-state index contributed by atoms with van der Waals surface area (Å²) in [7, 11) is 0. The molecule has 2 N–H and O–H groups in total. The number of unbranched alkanes of at least 4 members (excludes halogenated alkanes) is 10. The molecule has 0 aliphatic carbocycles. The third-order valence-electron chi connectivity index (χ3n) is 3.98. The summed E-state index contributed by atoms with van der Waals surface area (Å²) in [5.41, 5.74) is 3.58. The fraction of sp³-hybridized carbons (Fsp3) is 0.722. The Morgan fingerprint density at radius 1 is 0.810 bits per heavy atom. The van der Waals surface area contributed by atoms with Crippen molar-refractivity contribution in [3.8, 4) is 0 Å². The molecule has 0 saturated heterocycles. The van der Waals surface area contributed by atoms with E-state index in [2.05, 4.69) is 16.5 Å². The first-order valence-corrected chi connectivity index (χ1v) is 8.69. The molecule has 0 aromatic carbocycles. The number of pyridine rings is 1. The van der Waals surface area contributed by atoms with Crippen molar-refractivity contribution in [2.75, 3.05) is 6.54 Å². The quantitative estimate of drug-likeness (QED) is 0.379. The van der Waals surface area contributed by atoms with Crippen LogP contribution in [0.3, 0.4) is 0 Å². The Kier molecular flexibility index (Phi) is 12.1. The van der Waals surface area contributed by atoms with Crippen molar-refractivity contribution < 1.29 is 5.21 Å². The number of hydrogen-bond donors (Lipinski definition) is 2. The Balaban J connectivity index is 1.75. The van der Waals surface area contributed by atoms with Gasteiger partial charge in [-0.3, -0.25) is 4.98 Å². The zero-order valence-corrected chi connectivity index (χ0v) is 13.4. The summed E-state index contributed by atoms with van der Waals surface area (Å²) in [4.78, 5) is 4.15. The third-order valence-corrected chi connectivity index (χ3v) is 3.98. The molecule has 3 heteroatoms. The van der Waals surface area contributed by atoms with Crippen LogP contribution < -0.4 is 5.48 Å². The lowest BCUT2D eigenvalue weighted by Crippen LogP contribution is -2.07. The molecule has 1 aromatic heterocycles. The van der Waals surface area contributed by atoms with Gasteiger partial charge in [-0.2, -0.15) is 0 Å². The summed E-state index contributed by atoms with van der Waals surface area (Å²) in [5, 5.41) is 8.44. The molecule has 0 aliphatic rings. The minimum atomic E-state index is 0.735. The molecule has 0 unspecified atom stereocenters. The molecule has 1 aromatic rings. The lowest BCUT2D eigenvalue weighted by Gasteiger charge is -2.03. The van der Waals surface area contributed by atoms with E-state index in [0.717, 1.165) is 13.0 Å². The van der Waals surface area contributed by atoms with Crippen LogP contribution in [-0.4, -0.2) is 16.7 Å². The third kappa shape index (κ3) is 11.4. The van der Waals surface area contributed by atoms with Gasteiger partial charge in [0.1, 0.15) is 0 Å². The Bertz CT molecular complexity index is 316. The molecule has 0 radical (unpaired) electrons. The number of hydroxylamine groups is 1. The van der Waals surface area contributed by atoms with E-state index >= 15 is 0 Å². The first-order chi connectivity index (χ1) is 10.4. The minimum absolute atomic E-state index is 0.735. The molecule has 21 heavy (non-hydrogen) atoms. The Labute approximate surface area is 130 Å². The predicted octanol–water partition coefficient (Wildman–Crippen LogP) is 4.89. The summed E-state index contributed by atoms with van der Waals surface area (Å²) >= 11 is 0. The molecule has 0 bridgehead atoms. The van der Waals surface area contributed by atoms with E-state index in [1.165, 1.54) is 76.2 Å². The molecule has 0 fully saturated rings. The van der Waals surface area contributed by atoms with Crippen molar-refractivity contribution in [3.05, 3.63) is 30.1 Å². The van der Waals surface area contributed by atoms with E-state index in [9.17, 15) is 0 Å². The van der Waals surface area contributed by atoms with E-state index in [0.29, 0.717) is 0 Å². The van der Waals surface area contributed by atoms with Gasteiger partial charge >= 0.3 is 0 Å². The lowest BCUT2D eigenvalue weighted by molar-refractivity contribution is 0.164. The second-order valence-corrected chi connectivity index (χ2v) is 5.91. The maximum atomic E-state index is 8.44. The Hall–Kier alpha value is -0.930. The van der Waals surface area contributed by atoms with Crippen molar-refractivity contribution in [2.45, 2.75) is 77.0 Å². The summed E-state index contributed by atoms with van der Waals surface area (Å²) in [6, 6.07) is 4.19. The predicted molar refractivity (Wildman–Crippen MR) is 88.5 cm³/mol. The second kappa shape index (κ2) is 14.0. The van der Waals surface area contributed by atoms with Gasteiger partial charge in [-0.1, -0.05) is 63.9 Å². The van der Waals surface area contributed by atoms with Crippen molar-refractivity contribution in [1.82, 2.24) is 10.5 Å². The Morgan fingerprint density at radius 3 is 1.90 bits per heavy atom. The summed E-state index contributed by atoms with van der Waals surface area (Å²) < 4.78 is 0. The first-order valence-electron chi connectivity index (χ1n) is 8.69. The maximum absolute atomic E-state index is 8.44. The van der Waals surface area contributed by atoms with Gasteiger partial charge in [0.2, 0.25) is 0 Å². The molecular formula is C18H32N2O. The zero-order chi connectivity index (χ0) is 15.0. The number of aromatic nitrogens is 1. The van der Waals surface area contributed by atoms with E-state index in [4.69, 9.17) is 5.21 Å². The molecule has 1 rings (SSSR count). The number of aryl methyl sites for hydroxylation is 1. The second-order valence-electron chi connectivity index (χ2n) is 5.91. The molecule has 3 nitrogen and oxygen atoms in total. The molecule has 0 aliphatic heterocycles. The highest BCUT2D eigenvalue weighted by atomic mass is 16.5. The van der Waals surface area contributed by atoms with Crippen LogP contribution in [0.1, 0.15) is 76.2 Å². The zero-order valence-electron chi connectivity index (χ0n) is 13.4. The fourth-order valence-corrected chi connectivity index (χ4v) is 2.67. The van der Waals surface area contributed by atoms with Crippen LogP contribution in [0.2, 0.25) is 0 Å². The van der Waals surface area contributed by atoms with Gasteiger partial charge in [-0.05, 0) is 30.9 Å². The van der Waals surface area contributed by atoms with Crippen LogP contribution in [0.4, 0.5) is 0 Å². The van der Waals surface area contributed by atoms with Gasteiger partial charge in [0.15, 0.2) is 0 Å². The van der Waals surface area contributed by atoms with E-state index in [1.807, 2.05) is 18.5 Å². The van der Waals surface area contributed by atoms with Gasteiger partial charge in [0.05, 0.1) is 0 Å². The molecular weight excluding hydrogens is 260 g/mol. The van der Waals surface area contributed by atoms with Crippen molar-refractivity contribution in [2.24, 2.45) is 0 Å². The molecule has 0 spiro atoms. The highest BCUT2D eigenvalue weighted by molar-refractivity contribution is 5.08. The van der Waals surface area contributed by atoms with Gasteiger partial charge in [0.25, 0.3) is 0 Å². The average Bonchev–Trinajstić information content (AvgIpc) is 2.53. The van der Waals surface area contributed by atoms with Crippen molar-refractivity contribution >= 4 is 0 Å². The molecule has 120 valence electrons. The summed E-state index contributed by atoms with van der Waals surface area (Å²) in [6.45, 7) is 0.735. The van der Waals surface area contributed by atoms with E-state index in [-0.39, 0.29) is 0 Å². The summed E-state index contributed by atoms with van der Waals surface area (Å²) in [5.74, 6) is 0. The normalized spacial score (nSPS) is 10.9. The number of rotatable bonds is 14. The molecule has 1 heterocycles. The SMILES string of the molecule is ONCCCCCCCCCCCCCc1cccnc1. The Morgan fingerprint density at radius 2 is 1.38 bits per heavy atom. The fourth-order valence-electron chi connectivity index (χ4n) is 2.67. The topological polar surface area (TPSA) is 45.1 Å². The highest BCUT2D eigenvalue weighted by Gasteiger charge is 1.95. The van der Waals surface area contributed by atoms with Crippen LogP contribution in [0.25, 0.3) is 0 Å². The van der Waals surface area contributed by atoms with Crippen LogP contribution in [0.15, 0.2) is 24.5 Å². The standard InChI is InChI=1S/C18H32N2O/c21-20-16-11-9-7-5-3-1-2-4-6-8-10-13-18-14-12-15-19-17-18/h12,14-15,17,20-21H,1-11,13,16H2. The summed E-state index contributed by atoms with van der Waals surface area (Å²) in [6.07, 6.45) is 19.6. The maximum Gasteiger partial charge on any atom is 0.0299 e. The van der Waals surface area contributed by atoms with Gasteiger partial charge in [0, 0.05) is 18.9 Å². The van der Waals surface area contributed by atoms with Crippen LogP contribution in [0.5, 0.6) is 0 Å². The largest absolute Gasteiger partial charge is 0.317 e. The van der Waals surface area contributed by atoms with E-state index < -0.39 is 0 Å². The number of hydrogen-bond acceptors (Lipinski definition) is 3. The van der Waals surface area contributed by atoms with Crippen molar-refractivity contribution in [3.63, 3.8) is 0 Å². The van der Waals surface area contributed by atoms with Crippen LogP contribution in [-0.2, 0) is 6.42 Å². The van der Waals surface area contributed by atoms with Gasteiger partial charge < -0.3 is 5.21 Å². The molecule has 0 atom stereocenters. The highest BCUT2D eigenvalue weighted by Crippen LogP contribution is 2.12. The lowest BCUT2D eigenvalue weighted by atomic mass is 10.0. The first kappa shape index (κ1) is 18.1. The van der Waals surface area contributed by atoms with Crippen LogP contribution in [0, 0.1) is 0 Å². The molecule has 0 saturated carbocycles. The monoisotopic (exact) mass is 292 g/mol. The van der Waals surface area contributed by atoms with E-state index in [1.54, 1.807) is 0 Å². The van der Waals surface area contributed by atoms with Crippen molar-refractivity contribution in [1.29, 1.82) is 0 Å². The van der Waals surface area contributed by atoms with Gasteiger partial charge in [-0.25, -0.2) is 5.48 Å². The number of nitrogens with one attached hydrogen (secondary N) is 1. The average molecular weight is 292 g/mol.